The summed E-state index contributed by atoms with van der Waals surface area (Å²) in [5.74, 6) is 1.56. The topological polar surface area (TPSA) is 64.4 Å². The number of carbonyl (C=O) groups excluding carboxylic acids is 1. The molecule has 1 aromatic heterocycles. The first-order chi connectivity index (χ1) is 10.5. The molecule has 118 valence electrons. The van der Waals surface area contributed by atoms with E-state index in [9.17, 15) is 4.79 Å². The third-order valence-corrected chi connectivity index (χ3v) is 3.30. The maximum absolute atomic E-state index is 11.7. The van der Waals surface area contributed by atoms with Crippen LogP contribution in [0.4, 0.5) is 0 Å². The number of benzene rings is 1. The van der Waals surface area contributed by atoms with Crippen molar-refractivity contribution in [1.29, 1.82) is 0 Å². The summed E-state index contributed by atoms with van der Waals surface area (Å²) in [6.45, 7) is 8.09. The Morgan fingerprint density at radius 2 is 1.95 bits per heavy atom. The van der Waals surface area contributed by atoms with E-state index in [1.54, 1.807) is 0 Å². The molecular formula is C17H22N2O3. The van der Waals surface area contributed by atoms with Gasteiger partial charge in [0, 0.05) is 6.04 Å². The van der Waals surface area contributed by atoms with Gasteiger partial charge in [-0.1, -0.05) is 17.3 Å². The lowest BCUT2D eigenvalue weighted by atomic mass is 10.1. The van der Waals surface area contributed by atoms with Gasteiger partial charge in [0.2, 0.25) is 5.91 Å². The molecule has 0 fully saturated rings. The third kappa shape index (κ3) is 4.35. The molecule has 22 heavy (non-hydrogen) atoms. The third-order valence-electron chi connectivity index (χ3n) is 3.30. The minimum atomic E-state index is 0.0272. The first-order valence-electron chi connectivity index (χ1n) is 7.38. The highest BCUT2D eigenvalue weighted by atomic mass is 16.5. The van der Waals surface area contributed by atoms with Gasteiger partial charge >= 0.3 is 0 Å². The molecule has 2 aromatic rings. The van der Waals surface area contributed by atoms with E-state index in [0.717, 1.165) is 28.3 Å². The molecule has 0 saturated carbocycles. The Kier molecular flexibility index (Phi) is 5.20. The Hall–Kier alpha value is -2.30. The van der Waals surface area contributed by atoms with Gasteiger partial charge in [0.05, 0.1) is 17.7 Å². The predicted molar refractivity (Wildman–Crippen MR) is 83.7 cm³/mol. The number of carbonyl (C=O) groups is 1. The van der Waals surface area contributed by atoms with Gasteiger partial charge in [-0.05, 0) is 45.4 Å². The van der Waals surface area contributed by atoms with E-state index in [1.165, 1.54) is 0 Å². The Balaban J connectivity index is 1.91. The van der Waals surface area contributed by atoms with Gasteiger partial charge < -0.3 is 14.6 Å². The van der Waals surface area contributed by atoms with Crippen molar-refractivity contribution >= 4 is 5.91 Å². The van der Waals surface area contributed by atoms with Crippen LogP contribution in [-0.2, 0) is 17.8 Å². The van der Waals surface area contributed by atoms with Crippen LogP contribution < -0.4 is 10.1 Å². The maximum atomic E-state index is 11.7. The summed E-state index contributed by atoms with van der Waals surface area (Å²) < 4.78 is 10.8. The second kappa shape index (κ2) is 7.11. The van der Waals surface area contributed by atoms with Crippen molar-refractivity contribution in [2.24, 2.45) is 0 Å². The van der Waals surface area contributed by atoms with E-state index in [-0.39, 0.29) is 11.9 Å². The number of aryl methyl sites for hydroxylation is 2. The molecule has 0 saturated heterocycles. The molecule has 0 aliphatic carbocycles. The number of ether oxygens (including phenoxy) is 1. The van der Waals surface area contributed by atoms with Crippen molar-refractivity contribution in [3.63, 3.8) is 0 Å². The minimum absolute atomic E-state index is 0.0272. The minimum Gasteiger partial charge on any atom is -0.489 e. The molecule has 5 nitrogen and oxygen atoms in total. The fourth-order valence-electron chi connectivity index (χ4n) is 2.13. The lowest BCUT2D eigenvalue weighted by Gasteiger charge is -2.09. The molecular weight excluding hydrogens is 280 g/mol. The monoisotopic (exact) mass is 302 g/mol. The Morgan fingerprint density at radius 1 is 1.27 bits per heavy atom. The van der Waals surface area contributed by atoms with Crippen molar-refractivity contribution in [2.75, 3.05) is 0 Å². The molecule has 1 N–H and O–H groups in total. The quantitative estimate of drug-likeness (QED) is 0.891. The molecule has 2 rings (SSSR count). The summed E-state index contributed by atoms with van der Waals surface area (Å²) in [6, 6.07) is 7.71. The molecule has 0 spiro atoms. The molecule has 1 aromatic carbocycles. The average Bonchev–Trinajstić information content (AvgIpc) is 2.76. The van der Waals surface area contributed by atoms with Crippen molar-refractivity contribution in [1.82, 2.24) is 10.5 Å². The molecule has 0 bridgehead atoms. The molecule has 1 heterocycles. The van der Waals surface area contributed by atoms with Crippen molar-refractivity contribution in [3.8, 4) is 5.75 Å². The molecule has 5 heteroatoms. The van der Waals surface area contributed by atoms with Crippen molar-refractivity contribution in [2.45, 2.75) is 46.8 Å². The molecule has 0 atom stereocenters. The first-order valence-corrected chi connectivity index (χ1v) is 7.38. The van der Waals surface area contributed by atoms with Crippen LogP contribution in [0, 0.1) is 13.8 Å². The van der Waals surface area contributed by atoms with Gasteiger partial charge in [0.25, 0.3) is 0 Å². The van der Waals surface area contributed by atoms with Gasteiger partial charge in [-0.15, -0.1) is 0 Å². The number of rotatable bonds is 6. The van der Waals surface area contributed by atoms with Gasteiger partial charge in [-0.2, -0.15) is 0 Å². The molecule has 0 unspecified atom stereocenters. The SMILES string of the molecule is Cc1noc(C)c1COc1ccc(CC(=O)NC(C)C)cc1. The molecule has 1 amide bonds. The summed E-state index contributed by atoms with van der Waals surface area (Å²) >= 11 is 0. The normalized spacial score (nSPS) is 10.8. The zero-order valence-corrected chi connectivity index (χ0v) is 13.5. The van der Waals surface area contributed by atoms with Crippen LogP contribution in [0.5, 0.6) is 5.75 Å². The van der Waals surface area contributed by atoms with E-state index in [2.05, 4.69) is 10.5 Å². The van der Waals surface area contributed by atoms with Crippen LogP contribution in [0.15, 0.2) is 28.8 Å². The lowest BCUT2D eigenvalue weighted by molar-refractivity contribution is -0.120. The number of nitrogens with zero attached hydrogens (tertiary/aromatic N) is 1. The fraction of sp³-hybridized carbons (Fsp3) is 0.412. The maximum Gasteiger partial charge on any atom is 0.224 e. The van der Waals surface area contributed by atoms with Gasteiger partial charge in [0.15, 0.2) is 0 Å². The Labute approximate surface area is 130 Å². The lowest BCUT2D eigenvalue weighted by Crippen LogP contribution is -2.31. The van der Waals surface area contributed by atoms with Gasteiger partial charge in [0.1, 0.15) is 18.1 Å². The van der Waals surface area contributed by atoms with E-state index in [1.807, 2.05) is 52.0 Å². The predicted octanol–water partition coefficient (Wildman–Crippen LogP) is 2.94. The van der Waals surface area contributed by atoms with Crippen LogP contribution in [0.3, 0.4) is 0 Å². The number of hydrogen-bond donors (Lipinski definition) is 1. The van der Waals surface area contributed by atoms with E-state index < -0.39 is 0 Å². The zero-order valence-electron chi connectivity index (χ0n) is 13.5. The van der Waals surface area contributed by atoms with Crippen LogP contribution in [0.1, 0.15) is 36.4 Å². The zero-order chi connectivity index (χ0) is 16.1. The highest BCUT2D eigenvalue weighted by molar-refractivity contribution is 5.78. The van der Waals surface area contributed by atoms with E-state index in [0.29, 0.717) is 13.0 Å². The Bertz CT molecular complexity index is 610. The average molecular weight is 302 g/mol. The van der Waals surface area contributed by atoms with Crippen LogP contribution >= 0.6 is 0 Å². The summed E-state index contributed by atoms with van der Waals surface area (Å²) in [5, 5.41) is 6.77. The fourth-order valence-corrected chi connectivity index (χ4v) is 2.13. The number of nitrogens with one attached hydrogen (secondary N) is 1. The molecule has 0 aliphatic heterocycles. The highest BCUT2D eigenvalue weighted by Gasteiger charge is 2.10. The summed E-state index contributed by atoms with van der Waals surface area (Å²) in [6.07, 6.45) is 0.377. The van der Waals surface area contributed by atoms with Crippen LogP contribution in [0.25, 0.3) is 0 Å². The largest absolute Gasteiger partial charge is 0.489 e. The second-order valence-electron chi connectivity index (χ2n) is 5.63. The van der Waals surface area contributed by atoms with Gasteiger partial charge in [-0.25, -0.2) is 0 Å². The van der Waals surface area contributed by atoms with Crippen LogP contribution in [-0.4, -0.2) is 17.1 Å². The number of aromatic nitrogens is 1. The van der Waals surface area contributed by atoms with Crippen molar-refractivity contribution < 1.29 is 14.1 Å². The second-order valence-corrected chi connectivity index (χ2v) is 5.63. The van der Waals surface area contributed by atoms with E-state index >= 15 is 0 Å². The standard InChI is InChI=1S/C17H22N2O3/c1-11(2)18-17(20)9-14-5-7-15(8-6-14)21-10-16-12(3)19-22-13(16)4/h5-8,11H,9-10H2,1-4H3,(H,18,20). The number of amides is 1. The smallest absolute Gasteiger partial charge is 0.224 e. The first kappa shape index (κ1) is 16.1. The molecule has 0 radical (unpaired) electrons. The van der Waals surface area contributed by atoms with Crippen molar-refractivity contribution in [3.05, 3.63) is 46.8 Å². The Morgan fingerprint density at radius 3 is 2.50 bits per heavy atom. The number of hydrogen-bond acceptors (Lipinski definition) is 4. The molecule has 0 aliphatic rings. The van der Waals surface area contributed by atoms with Gasteiger partial charge in [-0.3, -0.25) is 4.79 Å². The highest BCUT2D eigenvalue weighted by Crippen LogP contribution is 2.18. The summed E-state index contributed by atoms with van der Waals surface area (Å²) in [4.78, 5) is 11.7. The van der Waals surface area contributed by atoms with E-state index in [4.69, 9.17) is 9.26 Å². The summed E-state index contributed by atoms with van der Waals surface area (Å²) in [7, 11) is 0. The van der Waals surface area contributed by atoms with Crippen LogP contribution in [0.2, 0.25) is 0 Å². The summed E-state index contributed by atoms with van der Waals surface area (Å²) in [5.41, 5.74) is 2.78.